The van der Waals surface area contributed by atoms with E-state index in [0.29, 0.717) is 18.7 Å². The van der Waals surface area contributed by atoms with Gasteiger partial charge in [-0.3, -0.25) is 9.59 Å². The number of carbonyl (C=O) groups is 2. The predicted octanol–water partition coefficient (Wildman–Crippen LogP) is 4.50. The molecular formula is C31H33N3O4. The molecular weight excluding hydrogens is 478 g/mol. The second-order valence-electron chi connectivity index (χ2n) is 10.2. The molecule has 7 nitrogen and oxygen atoms in total. The number of ether oxygens (including phenoxy) is 2. The minimum absolute atomic E-state index is 0.0148. The molecule has 3 aliphatic rings. The summed E-state index contributed by atoms with van der Waals surface area (Å²) in [5.74, 6) is 1.17. The number of carbonyl (C=O) groups excluding carboxylic acids is 2. The number of benzene rings is 3. The van der Waals surface area contributed by atoms with Crippen LogP contribution in [0.2, 0.25) is 0 Å². The van der Waals surface area contributed by atoms with Gasteiger partial charge < -0.3 is 24.2 Å². The van der Waals surface area contributed by atoms with Gasteiger partial charge in [0.05, 0.1) is 31.9 Å². The van der Waals surface area contributed by atoms with Crippen LogP contribution in [0.3, 0.4) is 0 Å². The molecule has 3 aromatic carbocycles. The summed E-state index contributed by atoms with van der Waals surface area (Å²) in [7, 11) is 3.33. The van der Waals surface area contributed by atoms with Crippen molar-refractivity contribution in [1.82, 2.24) is 9.80 Å². The molecule has 2 unspecified atom stereocenters. The van der Waals surface area contributed by atoms with Gasteiger partial charge >= 0.3 is 0 Å². The summed E-state index contributed by atoms with van der Waals surface area (Å²) in [6.07, 6.45) is 1.93. The lowest BCUT2D eigenvalue weighted by Crippen LogP contribution is -2.53. The zero-order valence-corrected chi connectivity index (χ0v) is 21.9. The minimum atomic E-state index is -0.477. The van der Waals surface area contributed by atoms with Crippen LogP contribution in [0.5, 0.6) is 11.5 Å². The van der Waals surface area contributed by atoms with Crippen molar-refractivity contribution in [3.63, 3.8) is 0 Å². The molecule has 0 N–H and O–H groups in total. The molecule has 0 bridgehead atoms. The van der Waals surface area contributed by atoms with Gasteiger partial charge in [0, 0.05) is 37.8 Å². The summed E-state index contributed by atoms with van der Waals surface area (Å²) in [5.41, 5.74) is 3.44. The largest absolute Gasteiger partial charge is 0.497 e. The average Bonchev–Trinajstić information content (AvgIpc) is 3.82. The summed E-state index contributed by atoms with van der Waals surface area (Å²) in [4.78, 5) is 34.4. The van der Waals surface area contributed by atoms with Crippen molar-refractivity contribution < 1.29 is 19.1 Å². The normalized spacial score (nSPS) is 21.2. The summed E-state index contributed by atoms with van der Waals surface area (Å²) in [5, 5.41) is 0. The Bertz CT molecular complexity index is 1350. The number of methoxy groups -OCH3 is 2. The fourth-order valence-electron chi connectivity index (χ4n) is 6.01. The van der Waals surface area contributed by atoms with E-state index >= 15 is 0 Å². The van der Waals surface area contributed by atoms with Crippen molar-refractivity contribution in [2.45, 2.75) is 30.8 Å². The fraction of sp³-hybridized carbons (Fsp3) is 0.355. The second kappa shape index (κ2) is 10.0. The Morgan fingerprint density at radius 2 is 1.58 bits per heavy atom. The summed E-state index contributed by atoms with van der Waals surface area (Å²) < 4.78 is 11.1. The molecule has 2 heterocycles. The molecule has 38 heavy (non-hydrogen) atoms. The van der Waals surface area contributed by atoms with Crippen molar-refractivity contribution in [2.24, 2.45) is 0 Å². The third-order valence-electron chi connectivity index (χ3n) is 8.04. The molecule has 7 heteroatoms. The molecule has 2 fully saturated rings. The van der Waals surface area contributed by atoms with Crippen LogP contribution in [0.4, 0.5) is 5.69 Å². The fourth-order valence-corrected chi connectivity index (χ4v) is 6.01. The van der Waals surface area contributed by atoms with Crippen LogP contribution in [0.1, 0.15) is 46.3 Å². The lowest BCUT2D eigenvalue weighted by atomic mass is 9.78. The second-order valence-corrected chi connectivity index (χ2v) is 10.2. The van der Waals surface area contributed by atoms with Crippen molar-refractivity contribution in [1.29, 1.82) is 0 Å². The highest BCUT2D eigenvalue weighted by atomic mass is 16.5. The van der Waals surface area contributed by atoms with Crippen LogP contribution in [-0.2, 0) is 4.79 Å². The molecule has 1 saturated carbocycles. The molecule has 1 aliphatic carbocycles. The maximum Gasteiger partial charge on any atom is 0.254 e. The number of anilines is 1. The predicted molar refractivity (Wildman–Crippen MR) is 146 cm³/mol. The van der Waals surface area contributed by atoms with E-state index in [9.17, 15) is 9.59 Å². The monoisotopic (exact) mass is 511 g/mol. The van der Waals surface area contributed by atoms with Crippen molar-refractivity contribution in [3.05, 3.63) is 89.5 Å². The molecule has 2 aliphatic heterocycles. The summed E-state index contributed by atoms with van der Waals surface area (Å²) in [6.45, 7) is 2.65. The van der Waals surface area contributed by atoms with Crippen LogP contribution in [0.15, 0.2) is 72.8 Å². The zero-order chi connectivity index (χ0) is 26.2. The van der Waals surface area contributed by atoms with Crippen LogP contribution in [0, 0.1) is 0 Å². The van der Waals surface area contributed by atoms with E-state index in [1.165, 1.54) is 0 Å². The Balaban J connectivity index is 1.35. The zero-order valence-electron chi connectivity index (χ0n) is 21.9. The Labute approximate surface area is 223 Å². The molecule has 2 amide bonds. The molecule has 0 radical (unpaired) electrons. The van der Waals surface area contributed by atoms with Crippen molar-refractivity contribution >= 4 is 17.5 Å². The van der Waals surface area contributed by atoms with Gasteiger partial charge in [0.1, 0.15) is 11.5 Å². The highest BCUT2D eigenvalue weighted by molar-refractivity contribution is 6.01. The van der Waals surface area contributed by atoms with Gasteiger partial charge in [-0.25, -0.2) is 0 Å². The van der Waals surface area contributed by atoms with Crippen molar-refractivity contribution in [2.75, 3.05) is 45.3 Å². The highest BCUT2D eigenvalue weighted by Gasteiger charge is 2.50. The number of amides is 2. The molecule has 2 atom stereocenters. The molecule has 1 saturated heterocycles. The molecule has 0 aromatic heterocycles. The van der Waals surface area contributed by atoms with E-state index in [1.807, 2.05) is 76.5 Å². The lowest BCUT2D eigenvalue weighted by molar-refractivity contribution is -0.135. The lowest BCUT2D eigenvalue weighted by Gasteiger charge is -2.45. The first-order valence-corrected chi connectivity index (χ1v) is 13.3. The van der Waals surface area contributed by atoms with E-state index < -0.39 is 5.92 Å². The topological polar surface area (TPSA) is 62.3 Å². The van der Waals surface area contributed by atoms with Crippen LogP contribution >= 0.6 is 0 Å². The van der Waals surface area contributed by atoms with E-state index in [-0.39, 0.29) is 23.9 Å². The average molecular weight is 512 g/mol. The van der Waals surface area contributed by atoms with Crippen LogP contribution in [0.25, 0.3) is 0 Å². The smallest absolute Gasteiger partial charge is 0.254 e. The van der Waals surface area contributed by atoms with Gasteiger partial charge in [0.2, 0.25) is 5.91 Å². The van der Waals surface area contributed by atoms with E-state index in [1.54, 1.807) is 14.2 Å². The number of para-hydroxylation sites is 2. The van der Waals surface area contributed by atoms with Gasteiger partial charge in [0.15, 0.2) is 0 Å². The summed E-state index contributed by atoms with van der Waals surface area (Å²) in [6, 6.07) is 23.3. The maximum absolute atomic E-state index is 14.4. The number of nitrogens with zero attached hydrogens (tertiary/aromatic N) is 3. The number of hydrogen-bond acceptors (Lipinski definition) is 5. The Hall–Kier alpha value is -4.00. The maximum atomic E-state index is 14.4. The number of rotatable bonds is 6. The van der Waals surface area contributed by atoms with Crippen LogP contribution in [-0.4, -0.2) is 68.1 Å². The molecule has 0 spiro atoms. The first kappa shape index (κ1) is 24.3. The number of piperazine rings is 1. The van der Waals surface area contributed by atoms with Crippen molar-refractivity contribution in [3.8, 4) is 11.5 Å². The SMILES string of the molecule is COc1cccc(C2C(C(=O)N3CCN(c4ccccc4OC)CC3)c3ccccc3C(=O)N2C2CC2)c1. The first-order valence-electron chi connectivity index (χ1n) is 13.3. The molecule has 196 valence electrons. The quantitative estimate of drug-likeness (QED) is 0.488. The number of hydrogen-bond donors (Lipinski definition) is 0. The highest BCUT2D eigenvalue weighted by Crippen LogP contribution is 2.48. The van der Waals surface area contributed by atoms with Crippen LogP contribution < -0.4 is 14.4 Å². The van der Waals surface area contributed by atoms with Gasteiger partial charge in [-0.05, 0) is 54.3 Å². The Morgan fingerprint density at radius 3 is 2.32 bits per heavy atom. The molecule has 3 aromatic rings. The summed E-state index contributed by atoms with van der Waals surface area (Å²) >= 11 is 0. The first-order chi connectivity index (χ1) is 18.6. The van der Waals surface area contributed by atoms with Gasteiger partial charge in [-0.15, -0.1) is 0 Å². The number of fused-ring (bicyclic) bond motifs is 1. The van der Waals surface area contributed by atoms with E-state index in [4.69, 9.17) is 9.47 Å². The van der Waals surface area contributed by atoms with E-state index in [0.717, 1.165) is 54.2 Å². The van der Waals surface area contributed by atoms with Gasteiger partial charge in [-0.2, -0.15) is 0 Å². The van der Waals surface area contributed by atoms with Gasteiger partial charge in [0.25, 0.3) is 5.91 Å². The minimum Gasteiger partial charge on any atom is -0.497 e. The standard InChI is InChI=1S/C31H33N3O4/c1-37-23-9-7-8-21(20-23)29-28(24-10-3-4-11-25(24)30(35)34(29)22-14-15-22)31(36)33-18-16-32(17-19-33)26-12-5-6-13-27(26)38-2/h3-13,20,22,28-29H,14-19H2,1-2H3. The van der Waals surface area contributed by atoms with E-state index in [2.05, 4.69) is 11.0 Å². The van der Waals surface area contributed by atoms with Gasteiger partial charge in [-0.1, -0.05) is 42.5 Å². The molecule has 6 rings (SSSR count). The third kappa shape index (κ3) is 4.26. The third-order valence-corrected chi connectivity index (χ3v) is 8.04. The Morgan fingerprint density at radius 1 is 0.842 bits per heavy atom. The Kier molecular flexibility index (Phi) is 6.44.